The molecule has 2 heterocycles. The zero-order valence-electron chi connectivity index (χ0n) is 10.0. The van der Waals surface area contributed by atoms with Crippen LogP contribution in [0.4, 0.5) is 0 Å². The van der Waals surface area contributed by atoms with Crippen LogP contribution < -0.4 is 5.32 Å². The number of hydrogen-bond acceptors (Lipinski definition) is 5. The van der Waals surface area contributed by atoms with Gasteiger partial charge in [-0.2, -0.15) is 9.61 Å². The lowest BCUT2D eigenvalue weighted by molar-refractivity contribution is 0.631. The fourth-order valence-electron chi connectivity index (χ4n) is 2.41. The standard InChI is InChI=1S/C11H17N5S/c1-2-12-7-9-15-16-10(8-5-3-4-6-8)13-14-11(16)17-9/h8,12H,2-7H2,1H3. The second-order valence-corrected chi connectivity index (χ2v) is 5.55. The Morgan fingerprint density at radius 1 is 1.35 bits per heavy atom. The second-order valence-electron chi connectivity index (χ2n) is 4.51. The Bertz CT molecular complexity index is 497. The molecule has 0 atom stereocenters. The largest absolute Gasteiger partial charge is 0.311 e. The molecule has 2 aromatic heterocycles. The van der Waals surface area contributed by atoms with E-state index in [4.69, 9.17) is 0 Å². The molecule has 1 N–H and O–H groups in total. The van der Waals surface area contributed by atoms with Crippen LogP contribution in [-0.2, 0) is 6.54 Å². The molecule has 1 fully saturated rings. The van der Waals surface area contributed by atoms with E-state index in [-0.39, 0.29) is 0 Å². The van der Waals surface area contributed by atoms with E-state index in [2.05, 4.69) is 27.5 Å². The molecular formula is C11H17N5S. The van der Waals surface area contributed by atoms with Crippen molar-refractivity contribution < 1.29 is 0 Å². The highest BCUT2D eigenvalue weighted by Crippen LogP contribution is 2.33. The predicted octanol–water partition coefficient (Wildman–Crippen LogP) is 1.95. The first-order valence-electron chi connectivity index (χ1n) is 6.30. The van der Waals surface area contributed by atoms with Crippen LogP contribution in [0, 0.1) is 0 Å². The molecule has 0 aromatic carbocycles. The van der Waals surface area contributed by atoms with Gasteiger partial charge in [-0.15, -0.1) is 10.2 Å². The topological polar surface area (TPSA) is 55.1 Å². The van der Waals surface area contributed by atoms with Gasteiger partial charge in [0.2, 0.25) is 4.96 Å². The normalized spacial score (nSPS) is 17.2. The van der Waals surface area contributed by atoms with Crippen molar-refractivity contribution in [2.24, 2.45) is 0 Å². The molecule has 0 spiro atoms. The SMILES string of the molecule is CCNCc1nn2c(C3CCCC3)nnc2s1. The maximum absolute atomic E-state index is 4.60. The number of rotatable bonds is 4. The molecular weight excluding hydrogens is 234 g/mol. The highest BCUT2D eigenvalue weighted by atomic mass is 32.1. The summed E-state index contributed by atoms with van der Waals surface area (Å²) in [6.45, 7) is 3.90. The molecule has 1 aliphatic rings. The first-order chi connectivity index (χ1) is 8.38. The number of nitrogens with zero attached hydrogens (tertiary/aromatic N) is 4. The lowest BCUT2D eigenvalue weighted by atomic mass is 10.1. The van der Waals surface area contributed by atoms with Gasteiger partial charge in [-0.3, -0.25) is 0 Å². The summed E-state index contributed by atoms with van der Waals surface area (Å²) in [6.07, 6.45) is 5.10. The first kappa shape index (κ1) is 11.1. The van der Waals surface area contributed by atoms with E-state index >= 15 is 0 Å². The van der Waals surface area contributed by atoms with Crippen molar-refractivity contribution in [2.75, 3.05) is 6.54 Å². The van der Waals surface area contributed by atoms with E-state index in [0.717, 1.165) is 28.9 Å². The summed E-state index contributed by atoms with van der Waals surface area (Å²) in [7, 11) is 0. The molecule has 0 amide bonds. The van der Waals surface area contributed by atoms with Crippen molar-refractivity contribution in [1.29, 1.82) is 0 Å². The van der Waals surface area contributed by atoms with Gasteiger partial charge in [-0.25, -0.2) is 0 Å². The average molecular weight is 251 g/mol. The third kappa shape index (κ3) is 2.07. The molecule has 3 rings (SSSR count). The van der Waals surface area contributed by atoms with Crippen LogP contribution in [0.15, 0.2) is 0 Å². The van der Waals surface area contributed by atoms with Gasteiger partial charge in [0.1, 0.15) is 5.01 Å². The van der Waals surface area contributed by atoms with Gasteiger partial charge >= 0.3 is 0 Å². The third-order valence-electron chi connectivity index (χ3n) is 3.30. The van der Waals surface area contributed by atoms with Crippen LogP contribution in [0.5, 0.6) is 0 Å². The van der Waals surface area contributed by atoms with Crippen molar-refractivity contribution in [1.82, 2.24) is 25.1 Å². The summed E-state index contributed by atoms with van der Waals surface area (Å²) in [5, 5.41) is 17.5. The Labute approximate surface area is 104 Å². The van der Waals surface area contributed by atoms with Crippen molar-refractivity contribution in [3.63, 3.8) is 0 Å². The summed E-state index contributed by atoms with van der Waals surface area (Å²) >= 11 is 1.63. The minimum Gasteiger partial charge on any atom is -0.311 e. The van der Waals surface area contributed by atoms with Gasteiger partial charge in [-0.1, -0.05) is 31.1 Å². The van der Waals surface area contributed by atoms with Crippen LogP contribution in [-0.4, -0.2) is 26.4 Å². The van der Waals surface area contributed by atoms with Gasteiger partial charge in [0.25, 0.3) is 0 Å². The molecule has 92 valence electrons. The smallest absolute Gasteiger partial charge is 0.234 e. The average Bonchev–Trinajstić information content (AvgIpc) is 3.01. The first-order valence-corrected chi connectivity index (χ1v) is 7.12. The zero-order valence-corrected chi connectivity index (χ0v) is 10.8. The molecule has 0 bridgehead atoms. The molecule has 0 aliphatic heterocycles. The number of fused-ring (bicyclic) bond motifs is 1. The van der Waals surface area contributed by atoms with Crippen LogP contribution in [0.25, 0.3) is 4.96 Å². The third-order valence-corrected chi connectivity index (χ3v) is 4.20. The summed E-state index contributed by atoms with van der Waals surface area (Å²) in [5.74, 6) is 1.63. The Balaban J connectivity index is 1.88. The molecule has 0 radical (unpaired) electrons. The molecule has 2 aromatic rings. The fraction of sp³-hybridized carbons (Fsp3) is 0.727. The lowest BCUT2D eigenvalue weighted by Crippen LogP contribution is -2.12. The Hall–Kier alpha value is -1.01. The Morgan fingerprint density at radius 2 is 2.18 bits per heavy atom. The van der Waals surface area contributed by atoms with Crippen LogP contribution in [0.1, 0.15) is 49.4 Å². The predicted molar refractivity (Wildman–Crippen MR) is 67.2 cm³/mol. The number of aromatic nitrogens is 4. The minimum absolute atomic E-state index is 0.569. The van der Waals surface area contributed by atoms with Gasteiger partial charge < -0.3 is 5.32 Å². The van der Waals surface area contributed by atoms with Crippen LogP contribution in [0.2, 0.25) is 0 Å². The highest BCUT2D eigenvalue weighted by molar-refractivity contribution is 7.16. The van der Waals surface area contributed by atoms with E-state index in [1.165, 1.54) is 25.7 Å². The van der Waals surface area contributed by atoms with E-state index in [1.54, 1.807) is 11.3 Å². The van der Waals surface area contributed by atoms with Crippen molar-refractivity contribution in [3.8, 4) is 0 Å². The van der Waals surface area contributed by atoms with Gasteiger partial charge in [0.05, 0.1) is 0 Å². The van der Waals surface area contributed by atoms with E-state index < -0.39 is 0 Å². The van der Waals surface area contributed by atoms with E-state index in [0.29, 0.717) is 5.92 Å². The molecule has 0 saturated heterocycles. The lowest BCUT2D eigenvalue weighted by Gasteiger charge is -2.03. The summed E-state index contributed by atoms with van der Waals surface area (Å²) in [5.41, 5.74) is 0. The van der Waals surface area contributed by atoms with Gasteiger partial charge in [-0.05, 0) is 19.4 Å². The Morgan fingerprint density at radius 3 is 2.94 bits per heavy atom. The molecule has 6 heteroatoms. The van der Waals surface area contributed by atoms with Gasteiger partial charge in [0, 0.05) is 12.5 Å². The molecule has 17 heavy (non-hydrogen) atoms. The molecule has 0 unspecified atom stereocenters. The molecule has 1 aliphatic carbocycles. The van der Waals surface area contributed by atoms with E-state index in [1.807, 2.05) is 4.52 Å². The summed E-state index contributed by atoms with van der Waals surface area (Å²) in [6, 6.07) is 0. The molecule has 5 nitrogen and oxygen atoms in total. The highest BCUT2D eigenvalue weighted by Gasteiger charge is 2.23. The maximum Gasteiger partial charge on any atom is 0.234 e. The van der Waals surface area contributed by atoms with Crippen LogP contribution in [0.3, 0.4) is 0 Å². The Kier molecular flexibility index (Phi) is 3.07. The quantitative estimate of drug-likeness (QED) is 0.902. The molecule has 1 saturated carbocycles. The van der Waals surface area contributed by atoms with Crippen molar-refractivity contribution in [2.45, 2.75) is 45.1 Å². The minimum atomic E-state index is 0.569. The second kappa shape index (κ2) is 4.70. The number of nitrogens with one attached hydrogen (secondary N) is 1. The zero-order chi connectivity index (χ0) is 11.7. The monoisotopic (exact) mass is 251 g/mol. The number of hydrogen-bond donors (Lipinski definition) is 1. The fourth-order valence-corrected chi connectivity index (χ4v) is 3.22. The summed E-state index contributed by atoms with van der Waals surface area (Å²) in [4.78, 5) is 0.930. The van der Waals surface area contributed by atoms with Crippen molar-refractivity contribution >= 4 is 16.3 Å². The van der Waals surface area contributed by atoms with Crippen LogP contribution >= 0.6 is 11.3 Å². The van der Waals surface area contributed by atoms with Crippen molar-refractivity contribution in [3.05, 3.63) is 10.8 Å². The maximum atomic E-state index is 4.60. The summed E-state index contributed by atoms with van der Waals surface area (Å²) < 4.78 is 1.95. The van der Waals surface area contributed by atoms with E-state index in [9.17, 15) is 0 Å². The van der Waals surface area contributed by atoms with Gasteiger partial charge in [0.15, 0.2) is 5.82 Å².